The fraction of sp³-hybridized carbons (Fsp3) is 0.462. The van der Waals surface area contributed by atoms with E-state index in [4.69, 9.17) is 10.1 Å². The van der Waals surface area contributed by atoms with Crippen LogP contribution in [0.4, 0.5) is 0 Å². The summed E-state index contributed by atoms with van der Waals surface area (Å²) in [5.74, 6) is 0.179. The molecule has 1 aromatic carbocycles. The van der Waals surface area contributed by atoms with Gasteiger partial charge >= 0.3 is 0 Å². The van der Waals surface area contributed by atoms with Crippen LogP contribution in [-0.4, -0.2) is 23.8 Å². The zero-order valence-electron chi connectivity index (χ0n) is 11.3. The average Bonchev–Trinajstić information content (AvgIpc) is 2.26. The highest BCUT2D eigenvalue weighted by Crippen LogP contribution is 2.06. The Labute approximate surface area is 107 Å². The van der Waals surface area contributed by atoms with Crippen LogP contribution in [-0.2, 0) is 11.3 Å². The maximum absolute atomic E-state index is 11.0. The third-order valence-electron chi connectivity index (χ3n) is 2.47. The number of benzene rings is 1. The van der Waals surface area contributed by atoms with Gasteiger partial charge in [0.1, 0.15) is 5.78 Å². The van der Waals surface area contributed by atoms with Gasteiger partial charge in [-0.25, -0.2) is 0 Å². The van der Waals surface area contributed by atoms with Crippen LogP contribution in [0, 0.1) is 17.0 Å². The van der Waals surface area contributed by atoms with Crippen molar-refractivity contribution in [2.45, 2.75) is 33.4 Å². The molecule has 0 aliphatic carbocycles. The zero-order chi connectivity index (χ0) is 14.1. The molecule has 1 rings (SSSR count). The number of nitro groups is 1. The Morgan fingerprint density at radius 3 is 2.39 bits per heavy atom. The molecule has 0 saturated carbocycles. The van der Waals surface area contributed by atoms with Crippen LogP contribution < -0.4 is 5.32 Å². The molecular formula is C13H20N2O3. The molecule has 0 aliphatic rings. The van der Waals surface area contributed by atoms with Gasteiger partial charge in [-0.3, -0.25) is 14.9 Å². The smallest absolute Gasteiger partial charge is 0.194 e. The minimum Gasteiger partial charge on any atom is -0.304 e. The lowest BCUT2D eigenvalue weighted by Crippen LogP contribution is -2.31. The fourth-order valence-corrected chi connectivity index (χ4v) is 1.22. The fourth-order valence-electron chi connectivity index (χ4n) is 1.22. The number of hydrogen-bond acceptors (Lipinski definition) is 4. The lowest BCUT2D eigenvalue weighted by Gasteiger charge is -2.11. The SMILES string of the molecule is CC(=O)[C@H](C)NCc1ccccc1C.C[N+](=O)[O-]. The predicted molar refractivity (Wildman–Crippen MR) is 71.1 cm³/mol. The number of hydrogen-bond donors (Lipinski definition) is 1. The van der Waals surface area contributed by atoms with Gasteiger partial charge in [0.05, 0.1) is 6.04 Å². The predicted octanol–water partition coefficient (Wildman–Crippen LogP) is 1.96. The minimum absolute atomic E-state index is 0.0605. The van der Waals surface area contributed by atoms with Crippen LogP contribution >= 0.6 is 0 Å². The van der Waals surface area contributed by atoms with Crippen molar-refractivity contribution in [2.75, 3.05) is 7.05 Å². The largest absolute Gasteiger partial charge is 0.304 e. The molecule has 0 unspecified atom stereocenters. The summed E-state index contributed by atoms with van der Waals surface area (Å²) in [6.07, 6.45) is 0. The van der Waals surface area contributed by atoms with Gasteiger partial charge in [-0.05, 0) is 31.9 Å². The number of ketones is 1. The Hall–Kier alpha value is -1.75. The number of Topliss-reactive ketones (excluding diaryl/α,β-unsaturated/α-hetero) is 1. The Balaban J connectivity index is 0.000000631. The molecule has 0 saturated heterocycles. The van der Waals surface area contributed by atoms with Crippen LogP contribution in [0.1, 0.15) is 25.0 Å². The summed E-state index contributed by atoms with van der Waals surface area (Å²) in [4.78, 5) is 19.3. The molecule has 0 bridgehead atoms. The normalized spacial score (nSPS) is 11.1. The van der Waals surface area contributed by atoms with Crippen molar-refractivity contribution in [1.82, 2.24) is 5.32 Å². The monoisotopic (exact) mass is 252 g/mol. The van der Waals surface area contributed by atoms with E-state index in [-0.39, 0.29) is 11.8 Å². The molecule has 0 fully saturated rings. The molecule has 0 spiro atoms. The summed E-state index contributed by atoms with van der Waals surface area (Å²) in [6.45, 7) is 6.33. The molecule has 0 heterocycles. The van der Waals surface area contributed by atoms with E-state index in [1.807, 2.05) is 19.1 Å². The number of carbonyl (C=O) groups excluding carboxylic acids is 1. The Morgan fingerprint density at radius 1 is 1.44 bits per heavy atom. The second-order valence-corrected chi connectivity index (χ2v) is 4.08. The van der Waals surface area contributed by atoms with Crippen molar-refractivity contribution in [3.05, 3.63) is 45.5 Å². The molecule has 0 aromatic heterocycles. The Kier molecular flexibility index (Phi) is 7.54. The lowest BCUT2D eigenvalue weighted by molar-refractivity contribution is -0.445. The van der Waals surface area contributed by atoms with Gasteiger partial charge in [0.15, 0.2) is 7.05 Å². The molecule has 5 heteroatoms. The highest BCUT2D eigenvalue weighted by molar-refractivity contribution is 5.80. The van der Waals surface area contributed by atoms with Crippen LogP contribution in [0.5, 0.6) is 0 Å². The summed E-state index contributed by atoms with van der Waals surface area (Å²) >= 11 is 0. The van der Waals surface area contributed by atoms with Crippen LogP contribution in [0.25, 0.3) is 0 Å². The second kappa shape index (κ2) is 8.36. The molecule has 18 heavy (non-hydrogen) atoms. The molecule has 100 valence electrons. The quantitative estimate of drug-likeness (QED) is 0.656. The van der Waals surface area contributed by atoms with Crippen molar-refractivity contribution < 1.29 is 9.72 Å². The van der Waals surface area contributed by atoms with Gasteiger partial charge in [-0.1, -0.05) is 24.3 Å². The highest BCUT2D eigenvalue weighted by Gasteiger charge is 2.06. The first-order chi connectivity index (χ1) is 8.34. The Bertz CT molecular complexity index is 401. The first-order valence-corrected chi connectivity index (χ1v) is 5.71. The van der Waals surface area contributed by atoms with Crippen molar-refractivity contribution in [2.24, 2.45) is 0 Å². The van der Waals surface area contributed by atoms with E-state index in [0.29, 0.717) is 0 Å². The summed E-state index contributed by atoms with van der Waals surface area (Å²) in [5, 5.41) is 12.0. The summed E-state index contributed by atoms with van der Waals surface area (Å²) in [7, 11) is 0.889. The zero-order valence-corrected chi connectivity index (χ0v) is 11.3. The maximum Gasteiger partial charge on any atom is 0.194 e. The van der Waals surface area contributed by atoms with Gasteiger partial charge in [0, 0.05) is 11.5 Å². The first kappa shape index (κ1) is 16.2. The van der Waals surface area contributed by atoms with Gasteiger partial charge in [-0.2, -0.15) is 0 Å². The van der Waals surface area contributed by atoms with Gasteiger partial charge in [-0.15, -0.1) is 0 Å². The molecule has 5 nitrogen and oxygen atoms in total. The van der Waals surface area contributed by atoms with E-state index in [9.17, 15) is 4.79 Å². The average molecular weight is 252 g/mol. The topological polar surface area (TPSA) is 72.2 Å². The van der Waals surface area contributed by atoms with Crippen LogP contribution in [0.2, 0.25) is 0 Å². The minimum atomic E-state index is -0.500. The molecule has 0 aliphatic heterocycles. The molecule has 1 atom stereocenters. The van der Waals surface area contributed by atoms with E-state index >= 15 is 0 Å². The van der Waals surface area contributed by atoms with E-state index in [0.717, 1.165) is 13.6 Å². The van der Waals surface area contributed by atoms with E-state index in [1.165, 1.54) is 11.1 Å². The van der Waals surface area contributed by atoms with Crippen molar-refractivity contribution in [3.63, 3.8) is 0 Å². The number of nitrogens with one attached hydrogen (secondary N) is 1. The molecule has 1 N–H and O–H groups in total. The number of rotatable bonds is 4. The van der Waals surface area contributed by atoms with E-state index in [1.54, 1.807) is 6.92 Å². The van der Waals surface area contributed by atoms with Gasteiger partial charge in [0.25, 0.3) is 0 Å². The summed E-state index contributed by atoms with van der Waals surface area (Å²) < 4.78 is 0. The highest BCUT2D eigenvalue weighted by atomic mass is 16.6. The number of aryl methyl sites for hydroxylation is 1. The third-order valence-corrected chi connectivity index (χ3v) is 2.47. The second-order valence-electron chi connectivity index (χ2n) is 4.08. The van der Waals surface area contributed by atoms with Crippen LogP contribution in [0.15, 0.2) is 24.3 Å². The van der Waals surface area contributed by atoms with E-state index in [2.05, 4.69) is 24.4 Å². The molecule has 0 radical (unpaired) electrons. The first-order valence-electron chi connectivity index (χ1n) is 5.71. The molecular weight excluding hydrogens is 232 g/mol. The van der Waals surface area contributed by atoms with Gasteiger partial charge in [0.2, 0.25) is 0 Å². The third kappa shape index (κ3) is 7.51. The van der Waals surface area contributed by atoms with Crippen molar-refractivity contribution in [3.8, 4) is 0 Å². The molecule has 1 aromatic rings. The lowest BCUT2D eigenvalue weighted by atomic mass is 10.1. The van der Waals surface area contributed by atoms with E-state index < -0.39 is 4.92 Å². The van der Waals surface area contributed by atoms with Gasteiger partial charge < -0.3 is 5.32 Å². The number of nitrogens with zero attached hydrogens (tertiary/aromatic N) is 1. The number of carbonyl (C=O) groups is 1. The summed E-state index contributed by atoms with van der Waals surface area (Å²) in [5.41, 5.74) is 2.51. The van der Waals surface area contributed by atoms with Crippen molar-refractivity contribution >= 4 is 5.78 Å². The maximum atomic E-state index is 11.0. The van der Waals surface area contributed by atoms with Crippen molar-refractivity contribution in [1.29, 1.82) is 0 Å². The van der Waals surface area contributed by atoms with Crippen LogP contribution in [0.3, 0.4) is 0 Å². The molecule has 0 amide bonds. The standard InChI is InChI=1S/C12H17NO.CH3NO2/c1-9-6-4-5-7-12(9)8-13-10(2)11(3)14;1-2(3)4/h4-7,10,13H,8H2,1-3H3;1H3/t10-;/m0./s1. The Morgan fingerprint density at radius 2 is 1.94 bits per heavy atom. The summed E-state index contributed by atoms with van der Waals surface area (Å²) in [6, 6.07) is 8.13.